The van der Waals surface area contributed by atoms with Crippen LogP contribution in [-0.2, 0) is 0 Å². The zero-order chi connectivity index (χ0) is 13.3. The maximum atomic E-state index is 13.8. The van der Waals surface area contributed by atoms with Gasteiger partial charge in [0.2, 0.25) is 0 Å². The molecule has 0 heterocycles. The lowest BCUT2D eigenvalue weighted by molar-refractivity contribution is 0.441. The first kappa shape index (κ1) is 12.4. The van der Waals surface area contributed by atoms with Crippen LogP contribution in [0.5, 0.6) is 11.5 Å². The molecule has 0 fully saturated rings. The molecule has 0 saturated heterocycles. The van der Waals surface area contributed by atoms with Crippen molar-refractivity contribution in [3.8, 4) is 11.5 Å². The second-order valence-corrected chi connectivity index (χ2v) is 3.95. The van der Waals surface area contributed by atoms with E-state index in [1.54, 1.807) is 0 Å². The lowest BCUT2D eigenvalue weighted by atomic mass is 10.2. The molecule has 18 heavy (non-hydrogen) atoms. The van der Waals surface area contributed by atoms with Gasteiger partial charge in [0.15, 0.2) is 11.6 Å². The normalized spacial score (nSPS) is 10.4. The Labute approximate surface area is 107 Å². The number of nitrogens with two attached hydrogens (primary N) is 2. The van der Waals surface area contributed by atoms with Gasteiger partial charge in [-0.25, -0.2) is 8.78 Å². The molecule has 0 aliphatic heterocycles. The number of halogens is 3. The Bertz CT molecular complexity index is 605. The Hall–Kier alpha value is -2.01. The van der Waals surface area contributed by atoms with E-state index < -0.39 is 11.6 Å². The lowest BCUT2D eigenvalue weighted by Gasteiger charge is -2.11. The highest BCUT2D eigenvalue weighted by Crippen LogP contribution is 2.37. The molecule has 94 valence electrons. The van der Waals surface area contributed by atoms with Crippen molar-refractivity contribution in [2.45, 2.75) is 0 Å². The van der Waals surface area contributed by atoms with E-state index in [2.05, 4.69) is 0 Å². The summed E-state index contributed by atoms with van der Waals surface area (Å²) in [4.78, 5) is 0. The fraction of sp³-hybridized carbons (Fsp3) is 0. The minimum atomic E-state index is -0.876. The predicted octanol–water partition coefficient (Wildman–Crippen LogP) is 3.57. The van der Waals surface area contributed by atoms with Crippen LogP contribution < -0.4 is 16.2 Å². The largest absolute Gasteiger partial charge is 0.452 e. The standard InChI is InChI=1S/C12H9ClF2N2O/c13-10-8(16)5-9(17)12(11(10)15)18-7-3-1-2-6(14)4-7/h1-5H,16-17H2. The summed E-state index contributed by atoms with van der Waals surface area (Å²) >= 11 is 5.64. The van der Waals surface area contributed by atoms with E-state index in [1.807, 2.05) is 0 Å². The Kier molecular flexibility index (Phi) is 3.25. The summed E-state index contributed by atoms with van der Waals surface area (Å²) < 4.78 is 31.9. The van der Waals surface area contributed by atoms with Crippen LogP contribution in [0.2, 0.25) is 5.02 Å². The summed E-state index contributed by atoms with van der Waals surface area (Å²) in [5.41, 5.74) is 11.0. The van der Waals surface area contributed by atoms with Crippen LogP contribution in [-0.4, -0.2) is 0 Å². The number of nitrogen functional groups attached to an aromatic ring is 2. The molecule has 4 N–H and O–H groups in total. The van der Waals surface area contributed by atoms with Crippen molar-refractivity contribution >= 4 is 23.0 Å². The topological polar surface area (TPSA) is 61.3 Å². The summed E-state index contributed by atoms with van der Waals surface area (Å²) in [6.07, 6.45) is 0. The smallest absolute Gasteiger partial charge is 0.188 e. The third-order valence-corrected chi connectivity index (χ3v) is 2.62. The molecule has 2 rings (SSSR count). The predicted molar refractivity (Wildman–Crippen MR) is 66.7 cm³/mol. The van der Waals surface area contributed by atoms with Crippen molar-refractivity contribution in [2.75, 3.05) is 11.5 Å². The second kappa shape index (κ2) is 4.70. The van der Waals surface area contributed by atoms with Crippen molar-refractivity contribution in [1.82, 2.24) is 0 Å². The van der Waals surface area contributed by atoms with Gasteiger partial charge in [0, 0.05) is 6.07 Å². The van der Waals surface area contributed by atoms with Crippen LogP contribution in [0.1, 0.15) is 0 Å². The molecule has 0 unspecified atom stereocenters. The minimum Gasteiger partial charge on any atom is -0.452 e. The molecule has 2 aromatic rings. The monoisotopic (exact) mass is 270 g/mol. The molecular formula is C12H9ClF2N2O. The van der Waals surface area contributed by atoms with E-state index in [0.717, 1.165) is 6.07 Å². The molecular weight excluding hydrogens is 262 g/mol. The summed E-state index contributed by atoms with van der Waals surface area (Å²) in [7, 11) is 0. The fourth-order valence-electron chi connectivity index (χ4n) is 1.40. The number of anilines is 2. The maximum absolute atomic E-state index is 13.8. The highest BCUT2D eigenvalue weighted by Gasteiger charge is 2.16. The molecule has 0 radical (unpaired) electrons. The molecule has 0 aliphatic rings. The first-order valence-corrected chi connectivity index (χ1v) is 5.33. The first-order chi connectivity index (χ1) is 8.49. The van der Waals surface area contributed by atoms with E-state index in [9.17, 15) is 8.78 Å². The molecule has 0 spiro atoms. The summed E-state index contributed by atoms with van der Waals surface area (Å²) in [5.74, 6) is -1.55. The van der Waals surface area contributed by atoms with E-state index in [-0.39, 0.29) is 27.9 Å². The molecule has 2 aromatic carbocycles. The van der Waals surface area contributed by atoms with Gasteiger partial charge in [-0.2, -0.15) is 0 Å². The molecule has 3 nitrogen and oxygen atoms in total. The Morgan fingerprint density at radius 3 is 2.44 bits per heavy atom. The Morgan fingerprint density at radius 2 is 1.78 bits per heavy atom. The van der Waals surface area contributed by atoms with Gasteiger partial charge in [-0.1, -0.05) is 17.7 Å². The van der Waals surface area contributed by atoms with Crippen molar-refractivity contribution in [2.24, 2.45) is 0 Å². The van der Waals surface area contributed by atoms with Gasteiger partial charge in [0.05, 0.1) is 11.4 Å². The Morgan fingerprint density at radius 1 is 1.06 bits per heavy atom. The van der Waals surface area contributed by atoms with Crippen molar-refractivity contribution in [3.05, 3.63) is 47.0 Å². The maximum Gasteiger partial charge on any atom is 0.188 e. The quantitative estimate of drug-likeness (QED) is 0.820. The third kappa shape index (κ3) is 2.31. The van der Waals surface area contributed by atoms with Crippen LogP contribution in [0.15, 0.2) is 30.3 Å². The summed E-state index contributed by atoms with van der Waals surface area (Å²) in [6.45, 7) is 0. The molecule has 0 saturated carbocycles. The highest BCUT2D eigenvalue weighted by molar-refractivity contribution is 6.33. The van der Waals surface area contributed by atoms with Gasteiger partial charge in [0.25, 0.3) is 0 Å². The minimum absolute atomic E-state index is 0.0123. The van der Waals surface area contributed by atoms with Crippen molar-refractivity contribution in [1.29, 1.82) is 0 Å². The molecule has 6 heteroatoms. The van der Waals surface area contributed by atoms with Gasteiger partial charge in [-0.05, 0) is 18.2 Å². The summed E-state index contributed by atoms with van der Waals surface area (Å²) in [6, 6.07) is 6.51. The van der Waals surface area contributed by atoms with E-state index in [0.29, 0.717) is 0 Å². The van der Waals surface area contributed by atoms with Crippen LogP contribution >= 0.6 is 11.6 Å². The zero-order valence-electron chi connectivity index (χ0n) is 9.08. The van der Waals surface area contributed by atoms with Gasteiger partial charge in [-0.15, -0.1) is 0 Å². The molecule has 0 bridgehead atoms. The van der Waals surface area contributed by atoms with E-state index in [4.69, 9.17) is 27.8 Å². The third-order valence-electron chi connectivity index (χ3n) is 2.23. The SMILES string of the molecule is Nc1cc(N)c(Oc2cccc(F)c2)c(F)c1Cl. The van der Waals surface area contributed by atoms with E-state index >= 15 is 0 Å². The average molecular weight is 271 g/mol. The van der Waals surface area contributed by atoms with Gasteiger partial charge in [0.1, 0.15) is 16.6 Å². The van der Waals surface area contributed by atoms with Crippen molar-refractivity contribution in [3.63, 3.8) is 0 Å². The second-order valence-electron chi connectivity index (χ2n) is 3.57. The zero-order valence-corrected chi connectivity index (χ0v) is 9.84. The molecule has 0 aromatic heterocycles. The van der Waals surface area contributed by atoms with Crippen molar-refractivity contribution < 1.29 is 13.5 Å². The fourth-order valence-corrected chi connectivity index (χ4v) is 1.54. The van der Waals surface area contributed by atoms with Crippen LogP contribution in [0.4, 0.5) is 20.2 Å². The van der Waals surface area contributed by atoms with Crippen LogP contribution in [0.3, 0.4) is 0 Å². The first-order valence-electron chi connectivity index (χ1n) is 4.95. The van der Waals surface area contributed by atoms with Crippen LogP contribution in [0, 0.1) is 11.6 Å². The summed E-state index contributed by atoms with van der Waals surface area (Å²) in [5, 5.41) is -0.282. The number of hydrogen-bond acceptors (Lipinski definition) is 3. The molecule has 0 amide bonds. The molecule has 0 atom stereocenters. The number of hydrogen-bond donors (Lipinski definition) is 2. The number of benzene rings is 2. The van der Waals surface area contributed by atoms with Gasteiger partial charge < -0.3 is 16.2 Å². The van der Waals surface area contributed by atoms with Gasteiger partial charge in [-0.3, -0.25) is 0 Å². The number of rotatable bonds is 2. The lowest BCUT2D eigenvalue weighted by Crippen LogP contribution is -1.99. The average Bonchev–Trinajstić information content (AvgIpc) is 2.32. The number of ether oxygens (including phenoxy) is 1. The highest BCUT2D eigenvalue weighted by atomic mass is 35.5. The molecule has 0 aliphatic carbocycles. The van der Waals surface area contributed by atoms with Gasteiger partial charge >= 0.3 is 0 Å². The Balaban J connectivity index is 2.44. The van der Waals surface area contributed by atoms with E-state index in [1.165, 1.54) is 24.3 Å². The van der Waals surface area contributed by atoms with Crippen LogP contribution in [0.25, 0.3) is 0 Å².